The maximum atomic E-state index is 11.5. The molecule has 4 N–H and O–H groups in total. The predicted molar refractivity (Wildman–Crippen MR) is 66.3 cm³/mol. The average molecular weight is 288 g/mol. The second-order valence-corrected chi connectivity index (χ2v) is 4.20. The molecule has 0 fully saturated rings. The molecule has 0 aliphatic rings. The molecule has 15 heavy (non-hydrogen) atoms. The summed E-state index contributed by atoms with van der Waals surface area (Å²) < 4.78 is 0.960. The van der Waals surface area contributed by atoms with Crippen molar-refractivity contribution in [2.24, 2.45) is 5.73 Å². The third-order valence-corrected chi connectivity index (χ3v) is 2.71. The molecule has 0 aromatic heterocycles. The highest BCUT2D eigenvalue weighted by Crippen LogP contribution is 2.16. The number of carbonyl (C=O) groups is 1. The number of benzene rings is 1. The van der Waals surface area contributed by atoms with Crippen molar-refractivity contribution in [3.05, 3.63) is 33.8 Å². The summed E-state index contributed by atoms with van der Waals surface area (Å²) in [5.41, 5.74) is 11.4. The number of rotatable bonds is 1. The summed E-state index contributed by atoms with van der Waals surface area (Å²) in [4.78, 5) is 11.5. The van der Waals surface area contributed by atoms with E-state index in [0.717, 1.165) is 10.0 Å². The Morgan fingerprint density at radius 2 is 2.13 bits per heavy atom. The molecular weight excluding hydrogens is 278 g/mol. The highest BCUT2D eigenvalue weighted by Gasteiger charge is 2.06. The normalized spacial score (nSPS) is 9.47. The minimum absolute atomic E-state index is 0.0252. The Bertz CT molecular complexity index is 408. The second-order valence-electron chi connectivity index (χ2n) is 2.91. The number of hydrazine groups is 1. The van der Waals surface area contributed by atoms with Crippen LogP contribution in [0, 0.1) is 6.92 Å². The molecule has 0 heterocycles. The first-order valence-electron chi connectivity index (χ1n) is 4.12. The molecule has 1 rings (SSSR count). The SMILES string of the molecule is Cc1cc(C(=O)NNC(N)=S)ccc1Br. The van der Waals surface area contributed by atoms with Crippen molar-refractivity contribution in [1.82, 2.24) is 10.9 Å². The number of nitrogens with one attached hydrogen (secondary N) is 2. The Morgan fingerprint density at radius 1 is 1.47 bits per heavy atom. The summed E-state index contributed by atoms with van der Waals surface area (Å²) in [5, 5.41) is 0.0252. The number of hydrogen-bond acceptors (Lipinski definition) is 2. The highest BCUT2D eigenvalue weighted by molar-refractivity contribution is 9.10. The smallest absolute Gasteiger partial charge is 0.269 e. The fourth-order valence-corrected chi connectivity index (χ4v) is 1.27. The highest BCUT2D eigenvalue weighted by atomic mass is 79.9. The molecule has 0 radical (unpaired) electrons. The van der Waals surface area contributed by atoms with Crippen molar-refractivity contribution < 1.29 is 4.79 Å². The van der Waals surface area contributed by atoms with Crippen LogP contribution in [0.5, 0.6) is 0 Å². The van der Waals surface area contributed by atoms with Gasteiger partial charge in [0.15, 0.2) is 5.11 Å². The van der Waals surface area contributed by atoms with Crippen molar-refractivity contribution >= 4 is 39.2 Å². The van der Waals surface area contributed by atoms with Gasteiger partial charge in [-0.05, 0) is 42.9 Å². The van der Waals surface area contributed by atoms with E-state index in [1.165, 1.54) is 0 Å². The molecule has 1 aromatic carbocycles. The Kier molecular flexibility index (Phi) is 4.05. The van der Waals surface area contributed by atoms with Gasteiger partial charge in [0.1, 0.15) is 0 Å². The van der Waals surface area contributed by atoms with Crippen LogP contribution in [0.25, 0.3) is 0 Å². The fraction of sp³-hybridized carbons (Fsp3) is 0.111. The third kappa shape index (κ3) is 3.49. The van der Waals surface area contributed by atoms with Gasteiger partial charge in [0.25, 0.3) is 5.91 Å². The van der Waals surface area contributed by atoms with Gasteiger partial charge in [-0.25, -0.2) is 0 Å². The van der Waals surface area contributed by atoms with E-state index in [0.29, 0.717) is 5.56 Å². The van der Waals surface area contributed by atoms with Crippen LogP contribution in [-0.4, -0.2) is 11.0 Å². The molecule has 0 saturated heterocycles. The first-order chi connectivity index (χ1) is 7.00. The van der Waals surface area contributed by atoms with Gasteiger partial charge in [0.2, 0.25) is 0 Å². The summed E-state index contributed by atoms with van der Waals surface area (Å²) in [6, 6.07) is 5.28. The summed E-state index contributed by atoms with van der Waals surface area (Å²) in [6.07, 6.45) is 0. The maximum Gasteiger partial charge on any atom is 0.269 e. The van der Waals surface area contributed by atoms with Crippen LogP contribution in [0.15, 0.2) is 22.7 Å². The largest absolute Gasteiger partial charge is 0.375 e. The summed E-state index contributed by atoms with van der Waals surface area (Å²) >= 11 is 7.91. The van der Waals surface area contributed by atoms with Crippen molar-refractivity contribution in [2.75, 3.05) is 0 Å². The molecule has 4 nitrogen and oxygen atoms in total. The van der Waals surface area contributed by atoms with Gasteiger partial charge < -0.3 is 5.73 Å². The molecule has 0 spiro atoms. The van der Waals surface area contributed by atoms with E-state index in [1.807, 2.05) is 13.0 Å². The molecule has 80 valence electrons. The Balaban J connectivity index is 2.74. The number of amides is 1. The number of thiocarbonyl (C=S) groups is 1. The number of nitrogens with two attached hydrogens (primary N) is 1. The zero-order chi connectivity index (χ0) is 11.4. The lowest BCUT2D eigenvalue weighted by Gasteiger charge is -2.07. The minimum Gasteiger partial charge on any atom is -0.375 e. The molecule has 6 heteroatoms. The first kappa shape index (κ1) is 11.9. The molecule has 0 saturated carbocycles. The van der Waals surface area contributed by atoms with Crippen LogP contribution in [0.2, 0.25) is 0 Å². The molecule has 1 amide bonds. The fourth-order valence-electron chi connectivity index (χ4n) is 0.976. The first-order valence-corrected chi connectivity index (χ1v) is 5.33. The number of hydrogen-bond donors (Lipinski definition) is 3. The van der Waals surface area contributed by atoms with E-state index in [4.69, 9.17) is 5.73 Å². The van der Waals surface area contributed by atoms with Crippen LogP contribution >= 0.6 is 28.1 Å². The molecule has 0 atom stereocenters. The topological polar surface area (TPSA) is 67.2 Å². The van der Waals surface area contributed by atoms with E-state index < -0.39 is 0 Å². The van der Waals surface area contributed by atoms with Gasteiger partial charge >= 0.3 is 0 Å². The molecule has 0 aliphatic carbocycles. The van der Waals surface area contributed by atoms with Gasteiger partial charge in [-0.2, -0.15) is 0 Å². The second kappa shape index (κ2) is 5.09. The maximum absolute atomic E-state index is 11.5. The number of halogens is 1. The summed E-state index contributed by atoms with van der Waals surface area (Å²) in [7, 11) is 0. The summed E-state index contributed by atoms with van der Waals surface area (Å²) in [5.74, 6) is -0.279. The van der Waals surface area contributed by atoms with Crippen molar-refractivity contribution in [2.45, 2.75) is 6.92 Å². The van der Waals surface area contributed by atoms with E-state index in [2.05, 4.69) is 39.0 Å². The van der Waals surface area contributed by atoms with Gasteiger partial charge in [-0.3, -0.25) is 15.6 Å². The van der Waals surface area contributed by atoms with E-state index >= 15 is 0 Å². The lowest BCUT2D eigenvalue weighted by molar-refractivity contribution is 0.0944. The van der Waals surface area contributed by atoms with E-state index in [1.54, 1.807) is 12.1 Å². The number of aryl methyl sites for hydroxylation is 1. The van der Waals surface area contributed by atoms with Crippen LogP contribution in [0.4, 0.5) is 0 Å². The lowest BCUT2D eigenvalue weighted by atomic mass is 10.1. The van der Waals surface area contributed by atoms with Crippen LogP contribution in [0.3, 0.4) is 0 Å². The van der Waals surface area contributed by atoms with Gasteiger partial charge in [0.05, 0.1) is 0 Å². The van der Waals surface area contributed by atoms with Crippen LogP contribution < -0.4 is 16.6 Å². The average Bonchev–Trinajstić information content (AvgIpc) is 2.18. The predicted octanol–water partition coefficient (Wildman–Crippen LogP) is 1.24. The van der Waals surface area contributed by atoms with Gasteiger partial charge in [0, 0.05) is 10.0 Å². The standard InChI is InChI=1S/C9H10BrN3OS/c1-5-4-6(2-3-7(5)10)8(14)12-13-9(11)15/h2-4H,1H3,(H,12,14)(H3,11,13,15). The minimum atomic E-state index is -0.279. The Morgan fingerprint density at radius 3 is 2.67 bits per heavy atom. The Hall–Kier alpha value is -1.14. The van der Waals surface area contributed by atoms with Crippen molar-refractivity contribution in [3.8, 4) is 0 Å². The van der Waals surface area contributed by atoms with Crippen molar-refractivity contribution in [1.29, 1.82) is 0 Å². The van der Waals surface area contributed by atoms with Crippen LogP contribution in [0.1, 0.15) is 15.9 Å². The zero-order valence-corrected chi connectivity index (χ0v) is 10.4. The third-order valence-electron chi connectivity index (χ3n) is 1.72. The monoisotopic (exact) mass is 287 g/mol. The molecule has 0 bridgehead atoms. The lowest BCUT2D eigenvalue weighted by Crippen LogP contribution is -2.44. The Labute approximate surface area is 101 Å². The summed E-state index contributed by atoms with van der Waals surface area (Å²) in [6.45, 7) is 1.90. The zero-order valence-electron chi connectivity index (χ0n) is 8.00. The molecular formula is C9H10BrN3OS. The quantitative estimate of drug-likeness (QED) is 0.537. The van der Waals surface area contributed by atoms with Gasteiger partial charge in [-0.1, -0.05) is 15.9 Å². The molecule has 0 unspecified atom stereocenters. The van der Waals surface area contributed by atoms with Crippen LogP contribution in [-0.2, 0) is 0 Å². The van der Waals surface area contributed by atoms with E-state index in [9.17, 15) is 4.79 Å². The van der Waals surface area contributed by atoms with Crippen molar-refractivity contribution in [3.63, 3.8) is 0 Å². The number of carbonyl (C=O) groups excluding carboxylic acids is 1. The van der Waals surface area contributed by atoms with E-state index in [-0.39, 0.29) is 11.0 Å². The molecule has 1 aromatic rings. The van der Waals surface area contributed by atoms with Gasteiger partial charge in [-0.15, -0.1) is 0 Å². The molecule has 0 aliphatic heterocycles.